The maximum atomic E-state index is 11.6. The summed E-state index contributed by atoms with van der Waals surface area (Å²) in [4.78, 5) is 2.47. The number of hydrogen-bond acceptors (Lipinski definition) is 3. The fraction of sp³-hybridized carbons (Fsp3) is 0.200. The van der Waals surface area contributed by atoms with Crippen LogP contribution in [0.4, 0.5) is 0 Å². The van der Waals surface area contributed by atoms with Gasteiger partial charge in [-0.2, -0.15) is 0 Å². The van der Waals surface area contributed by atoms with Gasteiger partial charge in [0.1, 0.15) is 0 Å². The first kappa shape index (κ1) is 11.7. The lowest BCUT2D eigenvalue weighted by Gasteiger charge is -2.09. The molecular formula is C10H14N2O2S. The Morgan fingerprint density at radius 1 is 1.33 bits per heavy atom. The molecule has 0 fully saturated rings. The Morgan fingerprint density at radius 2 is 1.93 bits per heavy atom. The molecule has 0 atom stereocenters. The zero-order valence-corrected chi connectivity index (χ0v) is 9.34. The van der Waals surface area contributed by atoms with Gasteiger partial charge in [0.05, 0.1) is 4.90 Å². The molecule has 15 heavy (non-hydrogen) atoms. The third kappa shape index (κ3) is 3.38. The van der Waals surface area contributed by atoms with E-state index in [9.17, 15) is 8.42 Å². The van der Waals surface area contributed by atoms with Gasteiger partial charge >= 0.3 is 0 Å². The number of hydrogen-bond donors (Lipinski definition) is 2. The average molecular weight is 226 g/mol. The summed E-state index contributed by atoms with van der Waals surface area (Å²) in [7, 11) is -3.49. The normalized spacial score (nSPS) is 11.0. The van der Waals surface area contributed by atoms with Crippen molar-refractivity contribution >= 4 is 10.0 Å². The molecule has 5 heteroatoms. The van der Waals surface area contributed by atoms with E-state index in [-0.39, 0.29) is 4.90 Å². The molecule has 0 heterocycles. The molecule has 0 amide bonds. The van der Waals surface area contributed by atoms with Crippen molar-refractivity contribution in [3.63, 3.8) is 0 Å². The maximum absolute atomic E-state index is 11.6. The van der Waals surface area contributed by atoms with Crippen molar-refractivity contribution in [3.8, 4) is 0 Å². The molecular weight excluding hydrogens is 212 g/mol. The molecule has 82 valence electrons. The Labute approximate surface area is 90.0 Å². The minimum Gasteiger partial charge on any atom is -0.313 e. The molecule has 4 nitrogen and oxygen atoms in total. The van der Waals surface area contributed by atoms with E-state index in [1.807, 2.05) is 6.92 Å². The first-order chi connectivity index (χ1) is 7.06. The number of hydrazine groups is 1. The van der Waals surface area contributed by atoms with Crippen LogP contribution in [0.2, 0.25) is 0 Å². The lowest BCUT2D eigenvalue weighted by atomic mass is 10.4. The summed E-state index contributed by atoms with van der Waals surface area (Å²) in [5, 5.41) is 0. The van der Waals surface area contributed by atoms with Gasteiger partial charge in [-0.1, -0.05) is 31.7 Å². The Morgan fingerprint density at radius 3 is 2.47 bits per heavy atom. The van der Waals surface area contributed by atoms with E-state index >= 15 is 0 Å². The van der Waals surface area contributed by atoms with Crippen LogP contribution in [-0.4, -0.2) is 8.42 Å². The van der Waals surface area contributed by atoms with Crippen molar-refractivity contribution in [2.24, 2.45) is 0 Å². The van der Waals surface area contributed by atoms with Crippen LogP contribution in [0.15, 0.2) is 47.5 Å². The van der Waals surface area contributed by atoms with Gasteiger partial charge in [0.25, 0.3) is 10.0 Å². The SMILES string of the molecule is C=C(CC)NNS(=O)(=O)c1ccccc1. The number of sulfonamides is 1. The highest BCUT2D eigenvalue weighted by molar-refractivity contribution is 7.89. The largest absolute Gasteiger partial charge is 0.313 e. The van der Waals surface area contributed by atoms with E-state index < -0.39 is 10.0 Å². The fourth-order valence-corrected chi connectivity index (χ4v) is 1.80. The van der Waals surface area contributed by atoms with Crippen LogP contribution in [0.3, 0.4) is 0 Å². The van der Waals surface area contributed by atoms with Crippen LogP contribution in [0.25, 0.3) is 0 Å². The lowest BCUT2D eigenvalue weighted by molar-refractivity contribution is 0.569. The first-order valence-corrected chi connectivity index (χ1v) is 6.05. The van der Waals surface area contributed by atoms with Gasteiger partial charge < -0.3 is 5.43 Å². The first-order valence-electron chi connectivity index (χ1n) is 4.57. The predicted octanol–water partition coefficient (Wildman–Crippen LogP) is 1.39. The number of allylic oxidation sites excluding steroid dienone is 1. The van der Waals surface area contributed by atoms with Crippen LogP contribution in [0.1, 0.15) is 13.3 Å². The highest BCUT2D eigenvalue weighted by atomic mass is 32.2. The van der Waals surface area contributed by atoms with Crippen molar-refractivity contribution in [2.75, 3.05) is 0 Å². The van der Waals surface area contributed by atoms with Crippen LogP contribution < -0.4 is 10.3 Å². The van der Waals surface area contributed by atoms with Gasteiger partial charge in [0.2, 0.25) is 0 Å². The molecule has 0 unspecified atom stereocenters. The van der Waals surface area contributed by atoms with Gasteiger partial charge in [-0.05, 0) is 18.6 Å². The Kier molecular flexibility index (Phi) is 3.88. The van der Waals surface area contributed by atoms with Crippen LogP contribution in [0.5, 0.6) is 0 Å². The highest BCUT2D eigenvalue weighted by Gasteiger charge is 2.11. The number of benzene rings is 1. The second-order valence-corrected chi connectivity index (χ2v) is 4.68. The van der Waals surface area contributed by atoms with E-state index in [2.05, 4.69) is 16.8 Å². The van der Waals surface area contributed by atoms with Crippen LogP contribution in [-0.2, 0) is 10.0 Å². The standard InChI is InChI=1S/C10H14N2O2S/c1-3-9(2)11-12-15(13,14)10-7-5-4-6-8-10/h4-8,11-12H,2-3H2,1H3. The van der Waals surface area contributed by atoms with E-state index in [0.717, 1.165) is 0 Å². The molecule has 0 radical (unpaired) electrons. The molecule has 0 spiro atoms. The second-order valence-electron chi connectivity index (χ2n) is 3.00. The van der Waals surface area contributed by atoms with Gasteiger partial charge in [-0.3, -0.25) is 0 Å². The summed E-state index contributed by atoms with van der Waals surface area (Å²) in [5.41, 5.74) is 3.16. The molecule has 0 aliphatic carbocycles. The van der Waals surface area contributed by atoms with E-state index in [4.69, 9.17) is 0 Å². The van der Waals surface area contributed by atoms with Gasteiger partial charge in [0, 0.05) is 5.70 Å². The third-order valence-electron chi connectivity index (χ3n) is 1.84. The molecule has 0 aromatic heterocycles. The zero-order chi connectivity index (χ0) is 11.3. The van der Waals surface area contributed by atoms with Crippen molar-refractivity contribution in [2.45, 2.75) is 18.2 Å². The van der Waals surface area contributed by atoms with E-state index in [1.165, 1.54) is 12.1 Å². The predicted molar refractivity (Wildman–Crippen MR) is 59.3 cm³/mol. The summed E-state index contributed by atoms with van der Waals surface area (Å²) in [5.74, 6) is 0. The minimum atomic E-state index is -3.49. The summed E-state index contributed by atoms with van der Waals surface area (Å²) in [6, 6.07) is 8.15. The van der Waals surface area contributed by atoms with Gasteiger partial charge in [0.15, 0.2) is 0 Å². The maximum Gasteiger partial charge on any atom is 0.257 e. The van der Waals surface area contributed by atoms with Gasteiger partial charge in [-0.15, -0.1) is 4.83 Å². The molecule has 2 N–H and O–H groups in total. The van der Waals surface area contributed by atoms with Crippen molar-refractivity contribution in [3.05, 3.63) is 42.6 Å². The monoisotopic (exact) mass is 226 g/mol. The quantitative estimate of drug-likeness (QED) is 0.746. The lowest BCUT2D eigenvalue weighted by Crippen LogP contribution is -2.36. The number of rotatable bonds is 5. The molecule has 1 aromatic rings. The topological polar surface area (TPSA) is 58.2 Å². The van der Waals surface area contributed by atoms with Crippen molar-refractivity contribution in [1.82, 2.24) is 10.3 Å². The van der Waals surface area contributed by atoms with Crippen LogP contribution in [0, 0.1) is 0 Å². The van der Waals surface area contributed by atoms with Crippen molar-refractivity contribution in [1.29, 1.82) is 0 Å². The summed E-state index contributed by atoms with van der Waals surface area (Å²) in [6.07, 6.45) is 0.664. The third-order valence-corrected chi connectivity index (χ3v) is 3.11. The minimum absolute atomic E-state index is 0.224. The van der Waals surface area contributed by atoms with E-state index in [1.54, 1.807) is 18.2 Å². The molecule has 1 aromatic carbocycles. The summed E-state index contributed by atoms with van der Waals surface area (Å²) < 4.78 is 23.3. The molecule has 0 bridgehead atoms. The van der Waals surface area contributed by atoms with Crippen molar-refractivity contribution < 1.29 is 8.42 Å². The molecule has 0 saturated carbocycles. The zero-order valence-electron chi connectivity index (χ0n) is 8.53. The molecule has 0 aliphatic heterocycles. The average Bonchev–Trinajstić information content (AvgIpc) is 2.27. The highest BCUT2D eigenvalue weighted by Crippen LogP contribution is 2.06. The summed E-state index contributed by atoms with van der Waals surface area (Å²) in [6.45, 7) is 5.51. The molecule has 1 rings (SSSR count). The second kappa shape index (κ2) is 4.95. The summed E-state index contributed by atoms with van der Waals surface area (Å²) >= 11 is 0. The smallest absolute Gasteiger partial charge is 0.257 e. The van der Waals surface area contributed by atoms with E-state index in [0.29, 0.717) is 12.1 Å². The number of nitrogens with one attached hydrogen (secondary N) is 2. The fourth-order valence-electron chi connectivity index (χ4n) is 0.886. The molecule has 0 aliphatic rings. The van der Waals surface area contributed by atoms with Gasteiger partial charge in [-0.25, -0.2) is 8.42 Å². The molecule has 0 saturated heterocycles. The van der Waals surface area contributed by atoms with Crippen LogP contribution >= 0.6 is 0 Å². The Balaban J connectivity index is 2.73. The Bertz CT molecular complexity index is 426. The Hall–Kier alpha value is -1.33.